The molecule has 8 heteroatoms. The van der Waals surface area contributed by atoms with Crippen LogP contribution in [0.15, 0.2) is 23.1 Å². The van der Waals surface area contributed by atoms with Crippen LogP contribution < -0.4 is 5.32 Å². The van der Waals surface area contributed by atoms with E-state index in [1.807, 2.05) is 6.92 Å². The van der Waals surface area contributed by atoms with Crippen LogP contribution in [0.25, 0.3) is 0 Å². The van der Waals surface area contributed by atoms with Crippen LogP contribution in [0.5, 0.6) is 0 Å². The van der Waals surface area contributed by atoms with Gasteiger partial charge in [0, 0.05) is 25.7 Å². The van der Waals surface area contributed by atoms with Crippen LogP contribution in [0, 0.1) is 10.1 Å². The lowest BCUT2D eigenvalue weighted by molar-refractivity contribution is -0.384. The molecule has 1 heterocycles. The van der Waals surface area contributed by atoms with Gasteiger partial charge in [-0.1, -0.05) is 0 Å². The van der Waals surface area contributed by atoms with Gasteiger partial charge in [-0.15, -0.1) is 0 Å². The summed E-state index contributed by atoms with van der Waals surface area (Å²) in [6, 6.07) is 3.99. The lowest BCUT2D eigenvalue weighted by Crippen LogP contribution is -2.27. The van der Waals surface area contributed by atoms with E-state index in [2.05, 4.69) is 5.32 Å². The van der Waals surface area contributed by atoms with E-state index in [0.29, 0.717) is 25.3 Å². The van der Waals surface area contributed by atoms with Gasteiger partial charge in [-0.25, -0.2) is 8.42 Å². The van der Waals surface area contributed by atoms with Gasteiger partial charge in [0.2, 0.25) is 10.0 Å². The highest BCUT2D eigenvalue weighted by molar-refractivity contribution is 7.89. The fourth-order valence-electron chi connectivity index (χ4n) is 2.24. The maximum Gasteiger partial charge on any atom is 0.293 e. The lowest BCUT2D eigenvalue weighted by atomic mass is 10.2. The second kappa shape index (κ2) is 5.76. The first kappa shape index (κ1) is 14.7. The zero-order chi connectivity index (χ0) is 14.8. The van der Waals surface area contributed by atoms with E-state index in [4.69, 9.17) is 0 Å². The van der Waals surface area contributed by atoms with E-state index in [-0.39, 0.29) is 10.6 Å². The molecule has 1 saturated heterocycles. The van der Waals surface area contributed by atoms with Gasteiger partial charge in [-0.05, 0) is 31.9 Å². The van der Waals surface area contributed by atoms with E-state index in [9.17, 15) is 18.5 Å². The minimum Gasteiger partial charge on any atom is -0.380 e. The Labute approximate surface area is 117 Å². The molecule has 1 fully saturated rings. The molecule has 7 nitrogen and oxygen atoms in total. The molecule has 0 radical (unpaired) electrons. The molecule has 1 aromatic rings. The molecule has 0 spiro atoms. The summed E-state index contributed by atoms with van der Waals surface area (Å²) in [6.07, 6.45) is 1.66. The number of nitro groups is 1. The number of anilines is 1. The van der Waals surface area contributed by atoms with Crippen molar-refractivity contribution in [3.8, 4) is 0 Å². The number of nitro benzene ring substituents is 1. The number of sulfonamides is 1. The van der Waals surface area contributed by atoms with Crippen LogP contribution in [-0.2, 0) is 10.0 Å². The molecule has 1 aliphatic heterocycles. The maximum atomic E-state index is 12.4. The molecule has 1 aliphatic rings. The van der Waals surface area contributed by atoms with E-state index in [1.165, 1.54) is 16.4 Å². The summed E-state index contributed by atoms with van der Waals surface area (Å²) in [5.74, 6) is 0. The fraction of sp³-hybridized carbons (Fsp3) is 0.500. The van der Waals surface area contributed by atoms with Gasteiger partial charge in [0.1, 0.15) is 5.69 Å². The molecule has 2 rings (SSSR count). The van der Waals surface area contributed by atoms with E-state index < -0.39 is 14.9 Å². The summed E-state index contributed by atoms with van der Waals surface area (Å²) in [6.45, 7) is 3.30. The average molecular weight is 299 g/mol. The zero-order valence-electron chi connectivity index (χ0n) is 11.2. The number of hydrogen-bond donors (Lipinski definition) is 1. The van der Waals surface area contributed by atoms with Crippen molar-refractivity contribution in [1.29, 1.82) is 0 Å². The number of benzene rings is 1. The summed E-state index contributed by atoms with van der Waals surface area (Å²) in [5.41, 5.74) is 0.116. The second-order valence-corrected chi connectivity index (χ2v) is 6.52. The first-order chi connectivity index (χ1) is 9.46. The highest BCUT2D eigenvalue weighted by Gasteiger charge is 2.29. The monoisotopic (exact) mass is 299 g/mol. The summed E-state index contributed by atoms with van der Waals surface area (Å²) >= 11 is 0. The standard InChI is InChI=1S/C12H17N3O4S/c1-2-13-11-6-5-10(9-12(11)15(16)17)20(18,19)14-7-3-4-8-14/h5-6,9,13H,2-4,7-8H2,1H3. The van der Waals surface area contributed by atoms with Crippen molar-refractivity contribution in [1.82, 2.24) is 4.31 Å². The van der Waals surface area contributed by atoms with Crippen molar-refractivity contribution in [3.63, 3.8) is 0 Å². The number of nitrogens with one attached hydrogen (secondary N) is 1. The summed E-state index contributed by atoms with van der Waals surface area (Å²) in [4.78, 5) is 10.5. The summed E-state index contributed by atoms with van der Waals surface area (Å²) in [7, 11) is -3.63. The number of rotatable bonds is 5. The van der Waals surface area contributed by atoms with Crippen molar-refractivity contribution in [3.05, 3.63) is 28.3 Å². The minimum atomic E-state index is -3.63. The third-order valence-corrected chi connectivity index (χ3v) is 5.13. The van der Waals surface area contributed by atoms with Crippen LogP contribution in [0.4, 0.5) is 11.4 Å². The van der Waals surface area contributed by atoms with Crippen LogP contribution >= 0.6 is 0 Å². The Balaban J connectivity index is 2.42. The Bertz CT molecular complexity index is 609. The smallest absolute Gasteiger partial charge is 0.293 e. The molecule has 20 heavy (non-hydrogen) atoms. The molecule has 1 N–H and O–H groups in total. The highest BCUT2D eigenvalue weighted by atomic mass is 32.2. The van der Waals surface area contributed by atoms with Gasteiger partial charge in [0.15, 0.2) is 0 Å². The van der Waals surface area contributed by atoms with Crippen LogP contribution in [0.3, 0.4) is 0 Å². The van der Waals surface area contributed by atoms with Crippen molar-refractivity contribution >= 4 is 21.4 Å². The normalized spacial score (nSPS) is 16.2. The Morgan fingerprint density at radius 3 is 2.55 bits per heavy atom. The molecule has 0 atom stereocenters. The highest BCUT2D eigenvalue weighted by Crippen LogP contribution is 2.29. The summed E-state index contributed by atoms with van der Waals surface area (Å²) < 4.78 is 26.1. The molecular formula is C12H17N3O4S. The molecule has 0 amide bonds. The summed E-state index contributed by atoms with van der Waals surface area (Å²) in [5, 5.41) is 13.9. The molecule has 0 aliphatic carbocycles. The van der Waals surface area contributed by atoms with Crippen LogP contribution in [-0.4, -0.2) is 37.3 Å². The Morgan fingerprint density at radius 2 is 2.00 bits per heavy atom. The van der Waals surface area contributed by atoms with Crippen LogP contribution in [0.1, 0.15) is 19.8 Å². The van der Waals surface area contributed by atoms with Gasteiger partial charge in [-0.3, -0.25) is 10.1 Å². The maximum absolute atomic E-state index is 12.4. The minimum absolute atomic E-state index is 0.0206. The van der Waals surface area contributed by atoms with E-state index in [1.54, 1.807) is 0 Å². The number of hydrogen-bond acceptors (Lipinski definition) is 5. The van der Waals surface area contributed by atoms with Crippen molar-refractivity contribution in [2.24, 2.45) is 0 Å². The van der Waals surface area contributed by atoms with Gasteiger partial charge < -0.3 is 5.32 Å². The third kappa shape index (κ3) is 2.75. The Hall–Kier alpha value is -1.67. The largest absolute Gasteiger partial charge is 0.380 e. The van der Waals surface area contributed by atoms with Crippen molar-refractivity contribution in [2.45, 2.75) is 24.7 Å². The first-order valence-electron chi connectivity index (χ1n) is 6.49. The van der Waals surface area contributed by atoms with Crippen molar-refractivity contribution in [2.75, 3.05) is 25.0 Å². The van der Waals surface area contributed by atoms with Gasteiger partial charge in [0.05, 0.1) is 9.82 Å². The van der Waals surface area contributed by atoms with E-state index >= 15 is 0 Å². The van der Waals surface area contributed by atoms with Gasteiger partial charge in [0.25, 0.3) is 5.69 Å². The van der Waals surface area contributed by atoms with Crippen molar-refractivity contribution < 1.29 is 13.3 Å². The molecule has 0 bridgehead atoms. The quantitative estimate of drug-likeness (QED) is 0.661. The fourth-order valence-corrected chi connectivity index (χ4v) is 3.78. The van der Waals surface area contributed by atoms with Crippen LogP contribution in [0.2, 0.25) is 0 Å². The predicted molar refractivity (Wildman–Crippen MR) is 75.3 cm³/mol. The third-order valence-electron chi connectivity index (χ3n) is 3.24. The molecule has 1 aromatic carbocycles. The second-order valence-electron chi connectivity index (χ2n) is 4.58. The Morgan fingerprint density at radius 1 is 1.35 bits per heavy atom. The zero-order valence-corrected chi connectivity index (χ0v) is 12.0. The lowest BCUT2D eigenvalue weighted by Gasteiger charge is -2.15. The van der Waals surface area contributed by atoms with Gasteiger partial charge >= 0.3 is 0 Å². The molecular weight excluding hydrogens is 282 g/mol. The molecule has 0 unspecified atom stereocenters. The Kier molecular flexibility index (Phi) is 4.24. The molecule has 0 saturated carbocycles. The molecule has 110 valence electrons. The predicted octanol–water partition coefficient (Wildman–Crippen LogP) is 1.81. The SMILES string of the molecule is CCNc1ccc(S(=O)(=O)N2CCCC2)cc1[N+](=O)[O-]. The topological polar surface area (TPSA) is 92.6 Å². The molecule has 0 aromatic heterocycles. The number of nitrogens with zero attached hydrogens (tertiary/aromatic N) is 2. The first-order valence-corrected chi connectivity index (χ1v) is 7.93. The average Bonchev–Trinajstić information content (AvgIpc) is 2.93. The van der Waals surface area contributed by atoms with E-state index in [0.717, 1.165) is 18.9 Å². The van der Waals surface area contributed by atoms with Gasteiger partial charge in [-0.2, -0.15) is 4.31 Å².